The molecule has 25 heavy (non-hydrogen) atoms. The van der Waals surface area contributed by atoms with Crippen LogP contribution in [0.5, 0.6) is 0 Å². The summed E-state index contributed by atoms with van der Waals surface area (Å²) >= 11 is 1.49. The molecule has 1 aliphatic heterocycles. The SMILES string of the molecule is CC(C)Cc1ccc(S(=O)(=O)N2CSCC2C(=O)NCC2CC2)cc1. The van der Waals surface area contributed by atoms with Gasteiger partial charge in [0.05, 0.1) is 10.8 Å². The molecule has 2 aliphatic rings. The van der Waals surface area contributed by atoms with Crippen LogP contribution >= 0.6 is 11.8 Å². The van der Waals surface area contributed by atoms with Crippen LogP contribution in [0.2, 0.25) is 0 Å². The molecule has 0 aromatic heterocycles. The third-order valence-corrected chi connectivity index (χ3v) is 7.62. The van der Waals surface area contributed by atoms with Gasteiger partial charge in [-0.3, -0.25) is 4.79 Å². The van der Waals surface area contributed by atoms with Gasteiger partial charge in [-0.1, -0.05) is 26.0 Å². The van der Waals surface area contributed by atoms with E-state index in [-0.39, 0.29) is 10.8 Å². The average molecular weight is 383 g/mol. The van der Waals surface area contributed by atoms with Crippen LogP contribution in [-0.4, -0.2) is 42.8 Å². The number of rotatable bonds is 7. The van der Waals surface area contributed by atoms with Crippen molar-refractivity contribution >= 4 is 27.7 Å². The summed E-state index contributed by atoms with van der Waals surface area (Å²) in [6, 6.07) is 6.46. The molecule has 1 saturated carbocycles. The van der Waals surface area contributed by atoms with Crippen LogP contribution in [0.1, 0.15) is 32.3 Å². The maximum absolute atomic E-state index is 13.0. The van der Waals surface area contributed by atoms with Gasteiger partial charge < -0.3 is 5.32 Å². The van der Waals surface area contributed by atoms with Crippen LogP contribution in [0.25, 0.3) is 0 Å². The van der Waals surface area contributed by atoms with Gasteiger partial charge >= 0.3 is 0 Å². The highest BCUT2D eigenvalue weighted by Crippen LogP contribution is 2.30. The van der Waals surface area contributed by atoms with Crippen molar-refractivity contribution in [2.75, 3.05) is 18.2 Å². The Balaban J connectivity index is 1.72. The van der Waals surface area contributed by atoms with Gasteiger partial charge in [-0.2, -0.15) is 4.31 Å². The molecular weight excluding hydrogens is 356 g/mol. The number of carbonyl (C=O) groups is 1. The minimum absolute atomic E-state index is 0.170. The van der Waals surface area contributed by atoms with Gasteiger partial charge in [0.2, 0.25) is 15.9 Å². The van der Waals surface area contributed by atoms with Crippen molar-refractivity contribution in [2.45, 2.75) is 44.0 Å². The quantitative estimate of drug-likeness (QED) is 0.787. The number of benzene rings is 1. The standard InChI is InChI=1S/C18H26N2O3S2/c1-13(2)9-14-5-7-16(8-6-14)25(22,23)20-12-24-11-17(20)18(21)19-10-15-3-4-15/h5-8,13,15,17H,3-4,9-12H2,1-2H3,(H,19,21). The van der Waals surface area contributed by atoms with Crippen molar-refractivity contribution in [1.82, 2.24) is 9.62 Å². The van der Waals surface area contributed by atoms with E-state index < -0.39 is 16.1 Å². The minimum Gasteiger partial charge on any atom is -0.354 e. The summed E-state index contributed by atoms with van der Waals surface area (Å²) in [6.45, 7) is 4.94. The van der Waals surface area contributed by atoms with E-state index in [1.807, 2.05) is 12.1 Å². The van der Waals surface area contributed by atoms with Gasteiger partial charge in [0, 0.05) is 12.3 Å². The van der Waals surface area contributed by atoms with Crippen molar-refractivity contribution in [1.29, 1.82) is 0 Å². The lowest BCUT2D eigenvalue weighted by molar-refractivity contribution is -0.123. The predicted molar refractivity (Wildman–Crippen MR) is 101 cm³/mol. The number of nitrogens with one attached hydrogen (secondary N) is 1. The van der Waals surface area contributed by atoms with E-state index in [0.717, 1.165) is 24.8 Å². The summed E-state index contributed by atoms with van der Waals surface area (Å²) < 4.78 is 27.3. The Hall–Kier alpha value is -1.05. The number of nitrogens with zero attached hydrogens (tertiary/aromatic N) is 1. The Labute approximate surface area is 154 Å². The maximum atomic E-state index is 13.0. The molecule has 0 bridgehead atoms. The fourth-order valence-electron chi connectivity index (χ4n) is 2.96. The third-order valence-electron chi connectivity index (χ3n) is 4.58. The van der Waals surface area contributed by atoms with Crippen molar-refractivity contribution in [3.05, 3.63) is 29.8 Å². The molecule has 1 aromatic rings. The van der Waals surface area contributed by atoms with Gasteiger partial charge in [0.25, 0.3) is 0 Å². The van der Waals surface area contributed by atoms with Gasteiger partial charge in [-0.25, -0.2) is 8.42 Å². The van der Waals surface area contributed by atoms with Gasteiger partial charge in [0.1, 0.15) is 6.04 Å². The van der Waals surface area contributed by atoms with Crippen LogP contribution in [0, 0.1) is 11.8 Å². The van der Waals surface area contributed by atoms with Crippen LogP contribution in [0.15, 0.2) is 29.2 Å². The van der Waals surface area contributed by atoms with E-state index >= 15 is 0 Å². The van der Waals surface area contributed by atoms with E-state index in [1.165, 1.54) is 16.1 Å². The lowest BCUT2D eigenvalue weighted by atomic mass is 10.0. The Morgan fingerprint density at radius 1 is 1.28 bits per heavy atom. The lowest BCUT2D eigenvalue weighted by Crippen LogP contribution is -2.47. The van der Waals surface area contributed by atoms with Crippen molar-refractivity contribution < 1.29 is 13.2 Å². The van der Waals surface area contributed by atoms with E-state index in [2.05, 4.69) is 19.2 Å². The third kappa shape index (κ3) is 4.57. The van der Waals surface area contributed by atoms with E-state index in [1.54, 1.807) is 12.1 Å². The summed E-state index contributed by atoms with van der Waals surface area (Å²) in [5, 5.41) is 2.91. The maximum Gasteiger partial charge on any atom is 0.244 e. The highest BCUT2D eigenvalue weighted by Gasteiger charge is 2.40. The first kappa shape index (κ1) is 18.7. The molecule has 3 rings (SSSR count). The zero-order chi connectivity index (χ0) is 18.0. The Morgan fingerprint density at radius 3 is 2.56 bits per heavy atom. The van der Waals surface area contributed by atoms with Crippen LogP contribution < -0.4 is 5.32 Å². The second-order valence-electron chi connectivity index (χ2n) is 7.34. The first-order valence-electron chi connectivity index (χ1n) is 8.84. The zero-order valence-corrected chi connectivity index (χ0v) is 16.4. The van der Waals surface area contributed by atoms with E-state index in [0.29, 0.717) is 30.0 Å². The fourth-order valence-corrected chi connectivity index (χ4v) is 6.11. The lowest BCUT2D eigenvalue weighted by Gasteiger charge is -2.22. The Morgan fingerprint density at radius 2 is 1.96 bits per heavy atom. The molecule has 1 aromatic carbocycles. The first-order chi connectivity index (χ1) is 11.9. The van der Waals surface area contributed by atoms with Crippen LogP contribution in [-0.2, 0) is 21.2 Å². The van der Waals surface area contributed by atoms with Crippen LogP contribution in [0.3, 0.4) is 0 Å². The minimum atomic E-state index is -3.65. The summed E-state index contributed by atoms with van der Waals surface area (Å²) in [5.41, 5.74) is 1.13. The number of hydrogen-bond donors (Lipinski definition) is 1. The number of amides is 1. The molecule has 1 aliphatic carbocycles. The molecule has 0 radical (unpaired) electrons. The Kier molecular flexibility index (Phi) is 5.75. The normalized spacial score (nSPS) is 21.6. The monoisotopic (exact) mass is 382 g/mol. The van der Waals surface area contributed by atoms with Crippen molar-refractivity contribution in [3.8, 4) is 0 Å². The molecule has 1 amide bonds. The zero-order valence-electron chi connectivity index (χ0n) is 14.8. The number of hydrogen-bond acceptors (Lipinski definition) is 4. The van der Waals surface area contributed by atoms with Gasteiger partial charge in [-0.05, 0) is 48.8 Å². The second kappa shape index (κ2) is 7.68. The first-order valence-corrected chi connectivity index (χ1v) is 11.4. The number of sulfonamides is 1. The summed E-state index contributed by atoms with van der Waals surface area (Å²) in [5.74, 6) is 1.78. The second-order valence-corrected chi connectivity index (χ2v) is 10.2. The average Bonchev–Trinajstić information content (AvgIpc) is 3.25. The molecule has 1 saturated heterocycles. The number of carbonyl (C=O) groups excluding carboxylic acids is 1. The van der Waals surface area contributed by atoms with Crippen molar-refractivity contribution in [2.24, 2.45) is 11.8 Å². The topological polar surface area (TPSA) is 66.5 Å². The van der Waals surface area contributed by atoms with Gasteiger partial charge in [-0.15, -0.1) is 11.8 Å². The molecule has 1 N–H and O–H groups in total. The summed E-state index contributed by atoms with van der Waals surface area (Å²) in [7, 11) is -3.65. The van der Waals surface area contributed by atoms with Crippen molar-refractivity contribution in [3.63, 3.8) is 0 Å². The highest BCUT2D eigenvalue weighted by atomic mass is 32.2. The smallest absolute Gasteiger partial charge is 0.244 e. The number of thioether (sulfide) groups is 1. The molecule has 1 atom stereocenters. The summed E-state index contributed by atoms with van der Waals surface area (Å²) in [6.07, 6.45) is 3.24. The van der Waals surface area contributed by atoms with Gasteiger partial charge in [0.15, 0.2) is 0 Å². The Bertz CT molecular complexity index is 712. The molecule has 138 valence electrons. The predicted octanol–water partition coefficient (Wildman–Crippen LogP) is 2.47. The molecule has 0 spiro atoms. The van der Waals surface area contributed by atoms with E-state index in [9.17, 15) is 13.2 Å². The molecule has 1 unspecified atom stereocenters. The van der Waals surface area contributed by atoms with Crippen LogP contribution in [0.4, 0.5) is 0 Å². The molecule has 7 heteroatoms. The molecule has 1 heterocycles. The molecule has 2 fully saturated rings. The highest BCUT2D eigenvalue weighted by molar-refractivity contribution is 8.00. The molecular formula is C18H26N2O3S2. The molecule has 5 nitrogen and oxygen atoms in total. The fraction of sp³-hybridized carbons (Fsp3) is 0.611. The van der Waals surface area contributed by atoms with E-state index in [4.69, 9.17) is 0 Å². The summed E-state index contributed by atoms with van der Waals surface area (Å²) in [4.78, 5) is 12.7. The largest absolute Gasteiger partial charge is 0.354 e.